The van der Waals surface area contributed by atoms with Crippen LogP contribution in [0.2, 0.25) is 0 Å². The van der Waals surface area contributed by atoms with Crippen LogP contribution in [0.4, 0.5) is 0 Å². The fourth-order valence-corrected chi connectivity index (χ4v) is 4.17. The third kappa shape index (κ3) is 6.27. The third-order valence-corrected chi connectivity index (χ3v) is 6.16. The summed E-state index contributed by atoms with van der Waals surface area (Å²) in [6.07, 6.45) is 2.40. The smallest absolute Gasteiger partial charge is 0.257 e. The normalized spacial score (nSPS) is 12.1. The summed E-state index contributed by atoms with van der Waals surface area (Å²) < 4.78 is 21.8. The first-order valence-corrected chi connectivity index (χ1v) is 12.3. The number of nitrogens with zero attached hydrogens (tertiary/aromatic N) is 4. The Morgan fingerprint density at radius 3 is 2.68 bits per heavy atom. The van der Waals surface area contributed by atoms with Gasteiger partial charge in [0, 0.05) is 43.5 Å². The molecule has 1 N–H and O–H groups in total. The fourth-order valence-electron chi connectivity index (χ4n) is 4.17. The van der Waals surface area contributed by atoms with Crippen molar-refractivity contribution in [1.82, 2.24) is 25.5 Å². The first kappa shape index (κ1) is 25.2. The molecule has 4 aromatic rings. The van der Waals surface area contributed by atoms with Crippen molar-refractivity contribution in [1.29, 1.82) is 0 Å². The molecule has 0 aliphatic carbocycles. The Hall–Kier alpha value is -4.44. The van der Waals surface area contributed by atoms with Gasteiger partial charge in [-0.2, -0.15) is 0 Å². The molecule has 1 amide bonds. The van der Waals surface area contributed by atoms with E-state index in [1.54, 1.807) is 6.20 Å². The van der Waals surface area contributed by atoms with Crippen LogP contribution in [-0.4, -0.2) is 53.1 Å². The molecule has 0 spiro atoms. The van der Waals surface area contributed by atoms with Crippen LogP contribution in [0.3, 0.4) is 0 Å². The van der Waals surface area contributed by atoms with Gasteiger partial charge in [-0.1, -0.05) is 28.5 Å². The average Bonchev–Trinajstić information content (AvgIpc) is 3.56. The summed E-state index contributed by atoms with van der Waals surface area (Å²) in [7, 11) is 1.98. The van der Waals surface area contributed by atoms with Gasteiger partial charge >= 0.3 is 0 Å². The predicted molar refractivity (Wildman–Crippen MR) is 139 cm³/mol. The topological polar surface area (TPSA) is 112 Å². The van der Waals surface area contributed by atoms with E-state index in [1.165, 1.54) is 0 Å². The molecule has 0 bridgehead atoms. The highest BCUT2D eigenvalue weighted by atomic mass is 16.7. The molecule has 0 unspecified atom stereocenters. The molecule has 0 saturated carbocycles. The zero-order chi connectivity index (χ0) is 26.3. The van der Waals surface area contributed by atoms with Crippen molar-refractivity contribution in [3.8, 4) is 28.4 Å². The summed E-state index contributed by atoms with van der Waals surface area (Å²) in [5, 5.41) is 10.7. The Morgan fingerprint density at radius 1 is 1.03 bits per heavy atom. The van der Waals surface area contributed by atoms with Gasteiger partial charge in [-0.25, -0.2) is 4.63 Å². The lowest BCUT2D eigenvalue weighted by molar-refractivity contribution is -0.123. The van der Waals surface area contributed by atoms with Crippen LogP contribution in [0.1, 0.15) is 22.6 Å². The molecular weight excluding hydrogens is 486 g/mol. The van der Waals surface area contributed by atoms with Crippen molar-refractivity contribution in [2.75, 3.05) is 27.0 Å². The summed E-state index contributed by atoms with van der Waals surface area (Å²) in [5.74, 6) is 1.90. The molecule has 10 heteroatoms. The number of hydrogen-bond donors (Lipinski definition) is 1. The average molecular weight is 516 g/mol. The SMILES string of the molecule is Cc1nonc1CN(C)Cc1cc(-c2ccc3c(c2)OCO3)ccc1OCC(=O)NCCc1ccccn1. The number of pyridine rings is 1. The Kier molecular flexibility index (Phi) is 7.79. The molecule has 0 saturated heterocycles. The fraction of sp³-hybridized carbons (Fsp3) is 0.286. The lowest BCUT2D eigenvalue weighted by Gasteiger charge is -2.19. The molecule has 3 heterocycles. The molecule has 2 aromatic heterocycles. The minimum Gasteiger partial charge on any atom is -0.483 e. The van der Waals surface area contributed by atoms with Crippen LogP contribution in [0.5, 0.6) is 17.2 Å². The van der Waals surface area contributed by atoms with Crippen LogP contribution >= 0.6 is 0 Å². The summed E-state index contributed by atoms with van der Waals surface area (Å²) in [6, 6.07) is 17.5. The van der Waals surface area contributed by atoms with Gasteiger partial charge in [0.25, 0.3) is 5.91 Å². The van der Waals surface area contributed by atoms with Gasteiger partial charge < -0.3 is 19.5 Å². The number of carbonyl (C=O) groups excluding carboxylic acids is 1. The maximum Gasteiger partial charge on any atom is 0.257 e. The molecule has 1 aliphatic heterocycles. The monoisotopic (exact) mass is 515 g/mol. The number of aryl methyl sites for hydroxylation is 1. The van der Waals surface area contributed by atoms with E-state index >= 15 is 0 Å². The summed E-state index contributed by atoms with van der Waals surface area (Å²) in [5.41, 5.74) is 5.37. The Labute approximate surface area is 220 Å². The number of fused-ring (bicyclic) bond motifs is 1. The van der Waals surface area contributed by atoms with Gasteiger partial charge in [0.05, 0.1) is 0 Å². The van der Waals surface area contributed by atoms with Crippen LogP contribution in [-0.2, 0) is 24.3 Å². The van der Waals surface area contributed by atoms with E-state index in [-0.39, 0.29) is 19.3 Å². The van der Waals surface area contributed by atoms with Crippen molar-refractivity contribution in [2.45, 2.75) is 26.4 Å². The highest BCUT2D eigenvalue weighted by Gasteiger charge is 2.17. The molecule has 5 rings (SSSR count). The van der Waals surface area contributed by atoms with Crippen LogP contribution in [0, 0.1) is 6.92 Å². The number of aromatic nitrogens is 3. The number of hydrogen-bond acceptors (Lipinski definition) is 9. The quantitative estimate of drug-likeness (QED) is 0.321. The lowest BCUT2D eigenvalue weighted by atomic mass is 10.0. The second-order valence-electron chi connectivity index (χ2n) is 9.07. The molecule has 196 valence electrons. The zero-order valence-electron chi connectivity index (χ0n) is 21.3. The standard InChI is InChI=1S/C28H29N5O5/c1-19-24(32-38-31-19)16-33(2)15-22-13-20(21-7-9-26-27(14-21)37-18-36-26)6-8-25(22)35-17-28(34)30-12-10-23-5-3-4-11-29-23/h3-9,11,13-14H,10,12,15-18H2,1-2H3,(H,30,34). The maximum atomic E-state index is 12.5. The third-order valence-electron chi connectivity index (χ3n) is 6.16. The molecule has 38 heavy (non-hydrogen) atoms. The van der Waals surface area contributed by atoms with Crippen molar-refractivity contribution >= 4 is 5.91 Å². The van der Waals surface area contributed by atoms with E-state index in [1.807, 2.05) is 62.5 Å². The molecule has 0 atom stereocenters. The highest BCUT2D eigenvalue weighted by molar-refractivity contribution is 5.77. The Morgan fingerprint density at radius 2 is 1.87 bits per heavy atom. The van der Waals surface area contributed by atoms with E-state index in [0.29, 0.717) is 31.8 Å². The summed E-state index contributed by atoms with van der Waals surface area (Å²) >= 11 is 0. The minimum atomic E-state index is -0.190. The van der Waals surface area contributed by atoms with Crippen molar-refractivity contribution in [3.05, 3.63) is 83.4 Å². The molecule has 0 radical (unpaired) electrons. The van der Waals surface area contributed by atoms with Gasteiger partial charge in [0.1, 0.15) is 17.1 Å². The van der Waals surface area contributed by atoms with E-state index in [9.17, 15) is 4.79 Å². The van der Waals surface area contributed by atoms with Gasteiger partial charge in [-0.3, -0.25) is 14.7 Å². The second-order valence-corrected chi connectivity index (χ2v) is 9.07. The van der Waals surface area contributed by atoms with Crippen molar-refractivity contribution < 1.29 is 23.6 Å². The Balaban J connectivity index is 1.28. The van der Waals surface area contributed by atoms with E-state index < -0.39 is 0 Å². The van der Waals surface area contributed by atoms with Gasteiger partial charge in [0.15, 0.2) is 18.1 Å². The number of ether oxygens (including phenoxy) is 3. The number of amides is 1. The van der Waals surface area contributed by atoms with Crippen molar-refractivity contribution in [3.63, 3.8) is 0 Å². The Bertz CT molecular complexity index is 1390. The van der Waals surface area contributed by atoms with Crippen LogP contribution in [0.25, 0.3) is 11.1 Å². The molecule has 0 fully saturated rings. The van der Waals surface area contributed by atoms with Crippen LogP contribution < -0.4 is 19.5 Å². The van der Waals surface area contributed by atoms with Gasteiger partial charge in [-0.05, 0) is 61.5 Å². The largest absolute Gasteiger partial charge is 0.483 e. The lowest BCUT2D eigenvalue weighted by Crippen LogP contribution is -2.31. The highest BCUT2D eigenvalue weighted by Crippen LogP contribution is 2.37. The van der Waals surface area contributed by atoms with E-state index in [2.05, 4.69) is 31.6 Å². The number of nitrogens with one attached hydrogen (secondary N) is 1. The first-order chi connectivity index (χ1) is 18.5. The minimum absolute atomic E-state index is 0.0887. The first-order valence-electron chi connectivity index (χ1n) is 12.3. The van der Waals surface area contributed by atoms with Gasteiger partial charge in [0.2, 0.25) is 6.79 Å². The predicted octanol–water partition coefficient (Wildman–Crippen LogP) is 3.54. The van der Waals surface area contributed by atoms with E-state index in [4.69, 9.17) is 18.8 Å². The molecule has 10 nitrogen and oxygen atoms in total. The second kappa shape index (κ2) is 11.7. The molecule has 2 aromatic carbocycles. The zero-order valence-corrected chi connectivity index (χ0v) is 21.3. The van der Waals surface area contributed by atoms with Gasteiger partial charge in [-0.15, -0.1) is 0 Å². The maximum absolute atomic E-state index is 12.5. The number of carbonyl (C=O) groups is 1. The number of rotatable bonds is 11. The summed E-state index contributed by atoms with van der Waals surface area (Å²) in [6.45, 7) is 3.60. The molecule has 1 aliphatic rings. The van der Waals surface area contributed by atoms with Crippen LogP contribution in [0.15, 0.2) is 65.4 Å². The van der Waals surface area contributed by atoms with Crippen molar-refractivity contribution in [2.24, 2.45) is 0 Å². The number of benzene rings is 2. The summed E-state index contributed by atoms with van der Waals surface area (Å²) in [4.78, 5) is 18.8. The molecular formula is C28H29N5O5. The van der Waals surface area contributed by atoms with E-state index in [0.717, 1.165) is 45.3 Å².